The first-order valence-electron chi connectivity index (χ1n) is 3.66. The predicted molar refractivity (Wildman–Crippen MR) is 50.3 cm³/mol. The Morgan fingerprint density at radius 3 is 2.38 bits per heavy atom. The molecule has 0 amide bonds. The fourth-order valence-corrected chi connectivity index (χ4v) is 1.60. The molecule has 0 unspecified atom stereocenters. The zero-order chi connectivity index (χ0) is 10.1. The lowest BCUT2D eigenvalue weighted by Crippen LogP contribution is -2.07. The molecule has 0 spiro atoms. The van der Waals surface area contributed by atoms with Crippen molar-refractivity contribution in [3.05, 3.63) is 24.0 Å². The number of nitrogens with zero attached hydrogens (tertiary/aromatic N) is 1. The monoisotopic (exact) mass is 199 g/mol. The Bertz CT molecular complexity index is 365. The average Bonchev–Trinajstić information content (AvgIpc) is 2.03. The van der Waals surface area contributed by atoms with Gasteiger partial charge < -0.3 is 9.67 Å². The highest BCUT2D eigenvalue weighted by Crippen LogP contribution is 2.33. The molecule has 0 aliphatic carbocycles. The number of hydrogen-bond donors (Lipinski definition) is 1. The molecule has 4 nitrogen and oxygen atoms in total. The zero-order valence-electron chi connectivity index (χ0n) is 7.39. The highest BCUT2D eigenvalue weighted by molar-refractivity contribution is 7.70. The van der Waals surface area contributed by atoms with E-state index in [1.807, 2.05) is 0 Å². The van der Waals surface area contributed by atoms with Gasteiger partial charge in [0, 0.05) is 11.5 Å². The minimum absolute atomic E-state index is 0.0304. The lowest BCUT2D eigenvalue weighted by atomic mass is 10.4. The Morgan fingerprint density at radius 1 is 1.46 bits per heavy atom. The lowest BCUT2D eigenvalue weighted by Gasteiger charge is -2.05. The number of carboxylic acid groups (broad SMARTS) is 1. The molecule has 0 aromatic carbocycles. The van der Waals surface area contributed by atoms with Crippen LogP contribution >= 0.6 is 7.14 Å². The summed E-state index contributed by atoms with van der Waals surface area (Å²) in [7, 11) is -2.32. The number of aromatic carboxylic acids is 1. The van der Waals surface area contributed by atoms with Crippen molar-refractivity contribution >= 4 is 18.4 Å². The van der Waals surface area contributed by atoms with Crippen LogP contribution in [-0.4, -0.2) is 29.4 Å². The molecule has 13 heavy (non-hydrogen) atoms. The Morgan fingerprint density at radius 2 is 2.08 bits per heavy atom. The van der Waals surface area contributed by atoms with Crippen LogP contribution in [0.5, 0.6) is 0 Å². The van der Waals surface area contributed by atoms with E-state index >= 15 is 0 Å². The van der Waals surface area contributed by atoms with Gasteiger partial charge in [0.25, 0.3) is 0 Å². The Hall–Kier alpha value is -1.15. The van der Waals surface area contributed by atoms with Gasteiger partial charge in [0.2, 0.25) is 0 Å². The number of carbonyl (C=O) groups is 1. The molecule has 0 saturated heterocycles. The Balaban J connectivity index is 3.08. The first-order chi connectivity index (χ1) is 5.91. The van der Waals surface area contributed by atoms with Crippen LogP contribution in [0.15, 0.2) is 18.3 Å². The summed E-state index contributed by atoms with van der Waals surface area (Å²) in [5.74, 6) is -1.08. The Labute approximate surface area is 76.0 Å². The van der Waals surface area contributed by atoms with Crippen molar-refractivity contribution in [1.82, 2.24) is 4.98 Å². The molecule has 1 aromatic heterocycles. The molecule has 0 fully saturated rings. The molecule has 1 rings (SSSR count). The topological polar surface area (TPSA) is 67.3 Å². The number of pyridine rings is 1. The van der Waals surface area contributed by atoms with Gasteiger partial charge in [-0.1, -0.05) is 0 Å². The molecule has 1 heterocycles. The fourth-order valence-electron chi connectivity index (χ4n) is 0.831. The number of aromatic nitrogens is 1. The maximum absolute atomic E-state index is 11.5. The van der Waals surface area contributed by atoms with Crippen molar-refractivity contribution in [2.75, 3.05) is 13.3 Å². The van der Waals surface area contributed by atoms with E-state index in [9.17, 15) is 9.36 Å². The summed E-state index contributed by atoms with van der Waals surface area (Å²) in [6.07, 6.45) is 1.35. The van der Waals surface area contributed by atoms with Gasteiger partial charge in [-0.25, -0.2) is 9.78 Å². The van der Waals surface area contributed by atoms with E-state index in [0.29, 0.717) is 5.30 Å². The van der Waals surface area contributed by atoms with Crippen molar-refractivity contribution < 1.29 is 14.5 Å². The van der Waals surface area contributed by atoms with E-state index in [1.54, 1.807) is 13.3 Å². The number of rotatable bonds is 2. The van der Waals surface area contributed by atoms with Crippen LogP contribution in [0.1, 0.15) is 10.5 Å². The minimum Gasteiger partial charge on any atom is -0.477 e. The van der Waals surface area contributed by atoms with Gasteiger partial charge >= 0.3 is 5.97 Å². The molecule has 0 radical (unpaired) electrons. The molecular weight excluding hydrogens is 189 g/mol. The smallest absolute Gasteiger partial charge is 0.354 e. The molecule has 5 heteroatoms. The highest BCUT2D eigenvalue weighted by atomic mass is 31.2. The van der Waals surface area contributed by atoms with Gasteiger partial charge in [-0.2, -0.15) is 0 Å². The van der Waals surface area contributed by atoms with E-state index in [4.69, 9.17) is 5.11 Å². The summed E-state index contributed by atoms with van der Waals surface area (Å²) in [6, 6.07) is 2.90. The average molecular weight is 199 g/mol. The number of hydrogen-bond acceptors (Lipinski definition) is 3. The van der Waals surface area contributed by atoms with Crippen molar-refractivity contribution in [3.63, 3.8) is 0 Å². The van der Waals surface area contributed by atoms with Crippen molar-refractivity contribution in [1.29, 1.82) is 0 Å². The van der Waals surface area contributed by atoms with Crippen LogP contribution in [0.2, 0.25) is 0 Å². The van der Waals surface area contributed by atoms with E-state index in [2.05, 4.69) is 4.98 Å². The van der Waals surface area contributed by atoms with Crippen LogP contribution < -0.4 is 5.30 Å². The van der Waals surface area contributed by atoms with Gasteiger partial charge in [-0.3, -0.25) is 0 Å². The third kappa shape index (κ3) is 2.39. The maximum atomic E-state index is 11.5. The van der Waals surface area contributed by atoms with E-state index < -0.39 is 13.1 Å². The fraction of sp³-hybridized carbons (Fsp3) is 0.250. The van der Waals surface area contributed by atoms with E-state index in [1.165, 1.54) is 18.3 Å². The summed E-state index contributed by atoms with van der Waals surface area (Å²) in [5, 5.41) is 9.14. The van der Waals surface area contributed by atoms with Gasteiger partial charge in [0.1, 0.15) is 12.8 Å². The second-order valence-electron chi connectivity index (χ2n) is 3.06. The largest absolute Gasteiger partial charge is 0.477 e. The van der Waals surface area contributed by atoms with Crippen LogP contribution in [-0.2, 0) is 4.57 Å². The molecule has 0 aliphatic rings. The van der Waals surface area contributed by atoms with Gasteiger partial charge in [0.05, 0.1) is 0 Å². The zero-order valence-corrected chi connectivity index (χ0v) is 8.28. The molecular formula is C8H10NO3P. The normalized spacial score (nSPS) is 11.2. The highest BCUT2D eigenvalue weighted by Gasteiger charge is 2.12. The van der Waals surface area contributed by atoms with Gasteiger partial charge in [-0.05, 0) is 25.5 Å². The molecule has 70 valence electrons. The summed E-state index contributed by atoms with van der Waals surface area (Å²) in [5.41, 5.74) is -0.0304. The SMILES string of the molecule is CP(C)(=O)c1ccc(C(=O)O)nc1. The molecule has 0 aliphatic heterocycles. The summed E-state index contributed by atoms with van der Waals surface area (Å²) < 4.78 is 11.5. The van der Waals surface area contributed by atoms with Crippen LogP contribution in [0.25, 0.3) is 0 Å². The van der Waals surface area contributed by atoms with E-state index in [0.717, 1.165) is 0 Å². The van der Waals surface area contributed by atoms with E-state index in [-0.39, 0.29) is 5.69 Å². The Kier molecular flexibility index (Phi) is 2.52. The van der Waals surface area contributed by atoms with Gasteiger partial charge in [0.15, 0.2) is 0 Å². The second kappa shape index (κ2) is 3.30. The van der Waals surface area contributed by atoms with Crippen molar-refractivity contribution in [2.45, 2.75) is 0 Å². The first-order valence-corrected chi connectivity index (χ1v) is 6.26. The molecule has 0 atom stereocenters. The third-order valence-electron chi connectivity index (χ3n) is 1.59. The lowest BCUT2D eigenvalue weighted by molar-refractivity contribution is 0.0690. The summed E-state index contributed by atoms with van der Waals surface area (Å²) in [6.45, 7) is 3.23. The third-order valence-corrected chi connectivity index (χ3v) is 3.10. The van der Waals surface area contributed by atoms with Crippen LogP contribution in [0.4, 0.5) is 0 Å². The quantitative estimate of drug-likeness (QED) is 0.722. The number of carboxylic acids is 1. The summed E-state index contributed by atoms with van der Waals surface area (Å²) in [4.78, 5) is 14.1. The molecule has 1 N–H and O–H groups in total. The molecule has 0 bridgehead atoms. The van der Waals surface area contributed by atoms with Crippen molar-refractivity contribution in [2.24, 2.45) is 0 Å². The van der Waals surface area contributed by atoms with Crippen LogP contribution in [0.3, 0.4) is 0 Å². The predicted octanol–water partition coefficient (Wildman–Crippen LogP) is 1.03. The van der Waals surface area contributed by atoms with Gasteiger partial charge in [-0.15, -0.1) is 0 Å². The second-order valence-corrected chi connectivity index (χ2v) is 6.28. The molecule has 1 aromatic rings. The first kappa shape index (κ1) is 9.93. The minimum atomic E-state index is -2.32. The molecule has 0 saturated carbocycles. The summed E-state index contributed by atoms with van der Waals surface area (Å²) >= 11 is 0. The maximum Gasteiger partial charge on any atom is 0.354 e. The van der Waals surface area contributed by atoms with Crippen molar-refractivity contribution in [3.8, 4) is 0 Å². The standard InChI is InChI=1S/C8H10NO3P/c1-13(2,12)6-3-4-7(8(10)11)9-5-6/h3-5H,1-2H3,(H,10,11). The van der Waals surface area contributed by atoms with Crippen LogP contribution in [0, 0.1) is 0 Å².